The highest BCUT2D eigenvalue weighted by atomic mass is 19.1. The van der Waals surface area contributed by atoms with Crippen molar-refractivity contribution in [2.45, 2.75) is 12.8 Å². The van der Waals surface area contributed by atoms with E-state index in [-0.39, 0.29) is 5.92 Å². The van der Waals surface area contributed by atoms with E-state index in [1.807, 2.05) is 25.1 Å². The minimum atomic E-state index is -0.448. The number of hydrogen-bond donors (Lipinski definition) is 1. The number of nitrogens with two attached hydrogens (primary N) is 1. The van der Waals surface area contributed by atoms with Gasteiger partial charge >= 0.3 is 0 Å². The highest BCUT2D eigenvalue weighted by Crippen LogP contribution is 2.29. The number of hydrogen-bond acceptors (Lipinski definition) is 2. The van der Waals surface area contributed by atoms with Crippen LogP contribution in [0.25, 0.3) is 0 Å². The summed E-state index contributed by atoms with van der Waals surface area (Å²) in [4.78, 5) is 0. The average Bonchev–Trinajstić information content (AvgIpc) is 2.20. The molecule has 0 radical (unpaired) electrons. The standard InChI is InChI=1S/C11H16FNO/c1-8-4-3-5-10(11(8)14-2)9(6-12)7-13/h3-5,9H,6-7,13H2,1-2H3. The highest BCUT2D eigenvalue weighted by molar-refractivity contribution is 5.43. The lowest BCUT2D eigenvalue weighted by Gasteiger charge is -2.16. The fourth-order valence-electron chi connectivity index (χ4n) is 1.55. The summed E-state index contributed by atoms with van der Waals surface area (Å²) in [5.41, 5.74) is 7.36. The van der Waals surface area contributed by atoms with E-state index < -0.39 is 6.67 Å². The molecule has 0 heterocycles. The molecule has 1 aromatic rings. The van der Waals surface area contributed by atoms with Crippen LogP contribution in [0.4, 0.5) is 4.39 Å². The lowest BCUT2D eigenvalue weighted by atomic mass is 9.97. The van der Waals surface area contributed by atoms with E-state index in [1.54, 1.807) is 7.11 Å². The maximum atomic E-state index is 12.7. The highest BCUT2D eigenvalue weighted by Gasteiger charge is 2.15. The molecule has 0 aliphatic rings. The van der Waals surface area contributed by atoms with E-state index in [1.165, 1.54) is 0 Å². The first kappa shape index (κ1) is 11.0. The Hall–Kier alpha value is -1.09. The summed E-state index contributed by atoms with van der Waals surface area (Å²) < 4.78 is 17.9. The van der Waals surface area contributed by atoms with E-state index in [4.69, 9.17) is 10.5 Å². The molecular formula is C11H16FNO. The monoisotopic (exact) mass is 197 g/mol. The SMILES string of the molecule is COc1c(C)cccc1C(CN)CF. The Balaban J connectivity index is 3.11. The topological polar surface area (TPSA) is 35.2 Å². The molecule has 14 heavy (non-hydrogen) atoms. The third kappa shape index (κ3) is 2.04. The van der Waals surface area contributed by atoms with Gasteiger partial charge in [0.05, 0.1) is 13.8 Å². The fraction of sp³-hybridized carbons (Fsp3) is 0.455. The molecule has 1 unspecified atom stereocenters. The molecule has 78 valence electrons. The molecule has 0 amide bonds. The second-order valence-corrected chi connectivity index (χ2v) is 3.28. The summed E-state index contributed by atoms with van der Waals surface area (Å²) in [5, 5.41) is 0. The van der Waals surface area contributed by atoms with E-state index in [0.717, 1.165) is 16.9 Å². The molecule has 0 aromatic heterocycles. The van der Waals surface area contributed by atoms with Crippen LogP contribution >= 0.6 is 0 Å². The van der Waals surface area contributed by atoms with Gasteiger partial charge in [-0.1, -0.05) is 18.2 Å². The van der Waals surface area contributed by atoms with Crippen LogP contribution in [0.15, 0.2) is 18.2 Å². The number of ether oxygens (including phenoxy) is 1. The van der Waals surface area contributed by atoms with Gasteiger partial charge in [0.2, 0.25) is 0 Å². The van der Waals surface area contributed by atoms with E-state index in [2.05, 4.69) is 0 Å². The summed E-state index contributed by atoms with van der Waals surface area (Å²) >= 11 is 0. The van der Waals surface area contributed by atoms with Crippen LogP contribution in [0.5, 0.6) is 5.75 Å². The Morgan fingerprint density at radius 2 is 2.21 bits per heavy atom. The normalized spacial score (nSPS) is 12.6. The quantitative estimate of drug-likeness (QED) is 0.801. The summed E-state index contributed by atoms with van der Waals surface area (Å²) in [6, 6.07) is 5.70. The molecule has 0 spiro atoms. The van der Waals surface area contributed by atoms with E-state index in [0.29, 0.717) is 6.54 Å². The third-order valence-electron chi connectivity index (χ3n) is 2.36. The minimum Gasteiger partial charge on any atom is -0.496 e. The Morgan fingerprint density at radius 3 is 2.71 bits per heavy atom. The molecule has 2 N–H and O–H groups in total. The van der Waals surface area contributed by atoms with E-state index >= 15 is 0 Å². The molecule has 3 heteroatoms. The van der Waals surface area contributed by atoms with Crippen LogP contribution in [-0.4, -0.2) is 20.3 Å². The molecule has 2 nitrogen and oxygen atoms in total. The largest absolute Gasteiger partial charge is 0.496 e. The Bertz CT molecular complexity index is 297. The molecule has 0 saturated carbocycles. The van der Waals surface area contributed by atoms with Crippen LogP contribution in [0.2, 0.25) is 0 Å². The van der Waals surface area contributed by atoms with E-state index in [9.17, 15) is 4.39 Å². The summed E-state index contributed by atoms with van der Waals surface area (Å²) in [7, 11) is 1.59. The van der Waals surface area contributed by atoms with Gasteiger partial charge in [0.1, 0.15) is 5.75 Å². The number of aryl methyl sites for hydroxylation is 1. The molecule has 0 aliphatic heterocycles. The summed E-state index contributed by atoms with van der Waals surface area (Å²) in [5.74, 6) is 0.491. The van der Waals surface area contributed by atoms with Gasteiger partial charge in [-0.3, -0.25) is 4.39 Å². The van der Waals surface area contributed by atoms with Crippen LogP contribution in [0, 0.1) is 6.92 Å². The molecule has 0 fully saturated rings. The lowest BCUT2D eigenvalue weighted by Crippen LogP contribution is -2.15. The average molecular weight is 197 g/mol. The van der Waals surface area contributed by atoms with Gasteiger partial charge in [-0.05, 0) is 12.5 Å². The van der Waals surface area contributed by atoms with Gasteiger partial charge in [0.25, 0.3) is 0 Å². The first-order valence-electron chi connectivity index (χ1n) is 4.64. The molecule has 1 rings (SSSR count). The fourth-order valence-corrected chi connectivity index (χ4v) is 1.55. The van der Waals surface area contributed by atoms with Crippen molar-refractivity contribution in [2.75, 3.05) is 20.3 Å². The predicted octanol–water partition coefficient (Wildman–Crippen LogP) is 2.02. The van der Waals surface area contributed by atoms with Gasteiger partial charge in [-0.25, -0.2) is 0 Å². The molecular weight excluding hydrogens is 181 g/mol. The van der Waals surface area contributed by atoms with Crippen LogP contribution in [-0.2, 0) is 0 Å². The number of halogens is 1. The summed E-state index contributed by atoms with van der Waals surface area (Å²) in [6.45, 7) is 1.79. The van der Waals surface area contributed by atoms with Crippen LogP contribution in [0.3, 0.4) is 0 Å². The summed E-state index contributed by atoms with van der Waals surface area (Å²) in [6.07, 6.45) is 0. The van der Waals surface area contributed by atoms with Gasteiger partial charge in [0, 0.05) is 18.0 Å². The lowest BCUT2D eigenvalue weighted by molar-refractivity contribution is 0.386. The first-order chi connectivity index (χ1) is 6.74. The smallest absolute Gasteiger partial charge is 0.125 e. The predicted molar refractivity (Wildman–Crippen MR) is 55.5 cm³/mol. The number of rotatable bonds is 4. The van der Waals surface area contributed by atoms with Crippen molar-refractivity contribution in [2.24, 2.45) is 5.73 Å². The maximum absolute atomic E-state index is 12.7. The minimum absolute atomic E-state index is 0.259. The zero-order chi connectivity index (χ0) is 10.6. The number of methoxy groups -OCH3 is 1. The molecule has 1 aromatic carbocycles. The van der Waals surface area contributed by atoms with Crippen molar-refractivity contribution < 1.29 is 9.13 Å². The second kappa shape index (κ2) is 4.96. The molecule has 1 atom stereocenters. The zero-order valence-electron chi connectivity index (χ0n) is 8.59. The van der Waals surface area contributed by atoms with Gasteiger partial charge < -0.3 is 10.5 Å². The van der Waals surface area contributed by atoms with Gasteiger partial charge in [0.15, 0.2) is 0 Å². The number of alkyl halides is 1. The second-order valence-electron chi connectivity index (χ2n) is 3.28. The Morgan fingerprint density at radius 1 is 1.50 bits per heavy atom. The van der Waals surface area contributed by atoms with Crippen molar-refractivity contribution in [1.29, 1.82) is 0 Å². The molecule has 0 saturated heterocycles. The van der Waals surface area contributed by atoms with Crippen molar-refractivity contribution >= 4 is 0 Å². The van der Waals surface area contributed by atoms with Crippen LogP contribution in [0.1, 0.15) is 17.0 Å². The number of benzene rings is 1. The molecule has 0 bridgehead atoms. The Kier molecular flexibility index (Phi) is 3.89. The van der Waals surface area contributed by atoms with Crippen molar-refractivity contribution in [3.05, 3.63) is 29.3 Å². The maximum Gasteiger partial charge on any atom is 0.125 e. The Labute approximate surface area is 83.9 Å². The number of para-hydroxylation sites is 1. The van der Waals surface area contributed by atoms with Crippen molar-refractivity contribution in [1.82, 2.24) is 0 Å². The first-order valence-corrected chi connectivity index (χ1v) is 4.64. The van der Waals surface area contributed by atoms with Crippen LogP contribution < -0.4 is 10.5 Å². The van der Waals surface area contributed by atoms with Crippen molar-refractivity contribution in [3.8, 4) is 5.75 Å². The van der Waals surface area contributed by atoms with Crippen molar-refractivity contribution in [3.63, 3.8) is 0 Å². The van der Waals surface area contributed by atoms with Gasteiger partial charge in [-0.15, -0.1) is 0 Å². The molecule has 0 aliphatic carbocycles. The zero-order valence-corrected chi connectivity index (χ0v) is 8.59. The third-order valence-corrected chi connectivity index (χ3v) is 2.36. The van der Waals surface area contributed by atoms with Gasteiger partial charge in [-0.2, -0.15) is 0 Å².